The zero-order valence-electron chi connectivity index (χ0n) is 21.7. The average Bonchev–Trinajstić information content (AvgIpc) is 3.57. The molecule has 8 nitrogen and oxygen atoms in total. The maximum atomic E-state index is 13.8. The molecule has 0 radical (unpaired) electrons. The summed E-state index contributed by atoms with van der Waals surface area (Å²) in [5.74, 6) is 0.872. The van der Waals surface area contributed by atoms with Crippen molar-refractivity contribution in [2.75, 3.05) is 0 Å². The Morgan fingerprint density at radius 1 is 1.03 bits per heavy atom. The van der Waals surface area contributed by atoms with Gasteiger partial charge in [0.25, 0.3) is 0 Å². The molecule has 0 unspecified atom stereocenters. The smallest absolute Gasteiger partial charge is 0.292 e. The molecule has 0 aliphatic heterocycles. The van der Waals surface area contributed by atoms with E-state index in [1.807, 2.05) is 65.5 Å². The highest BCUT2D eigenvalue weighted by atomic mass is 79.9. The Balaban J connectivity index is 1.51. The Morgan fingerprint density at radius 3 is 2.53 bits per heavy atom. The highest BCUT2D eigenvalue weighted by molar-refractivity contribution is 9.10. The van der Waals surface area contributed by atoms with Crippen molar-refractivity contribution in [3.8, 4) is 28.3 Å². The monoisotopic (exact) mass is 571 g/mol. The van der Waals surface area contributed by atoms with Crippen molar-refractivity contribution in [2.24, 2.45) is 0 Å². The van der Waals surface area contributed by atoms with Crippen LogP contribution in [0.4, 0.5) is 0 Å². The second-order valence-corrected chi connectivity index (χ2v) is 10.5. The number of pyridine rings is 1. The molecule has 5 rings (SSSR count). The van der Waals surface area contributed by atoms with Gasteiger partial charge in [0, 0.05) is 33.7 Å². The molecule has 1 N–H and O–H groups in total. The molecule has 0 bridgehead atoms. The number of unbranched alkanes of at least 4 members (excludes halogenated alkanes) is 1. The molecule has 2 aromatic carbocycles. The zero-order chi connectivity index (χ0) is 26.6. The predicted molar refractivity (Wildman–Crippen MR) is 152 cm³/mol. The first-order chi connectivity index (χ1) is 18.5. The SMILES string of the molecule is CCCCc1cn(-c2c(Br)cccc2C(C)C)c(=O)n1Cc1ccc(-c2ccccc2-c2nnn[nH]2)nc1. The van der Waals surface area contributed by atoms with Crippen LogP contribution in [0.25, 0.3) is 28.3 Å². The van der Waals surface area contributed by atoms with Crippen LogP contribution in [0, 0.1) is 0 Å². The van der Waals surface area contributed by atoms with Gasteiger partial charge >= 0.3 is 5.69 Å². The van der Waals surface area contributed by atoms with E-state index in [1.54, 1.807) is 4.57 Å². The van der Waals surface area contributed by atoms with Gasteiger partial charge in [-0.05, 0) is 68.4 Å². The highest BCUT2D eigenvalue weighted by Gasteiger charge is 2.19. The van der Waals surface area contributed by atoms with E-state index in [0.29, 0.717) is 12.4 Å². The number of benzene rings is 2. The van der Waals surface area contributed by atoms with E-state index in [2.05, 4.69) is 63.4 Å². The summed E-state index contributed by atoms with van der Waals surface area (Å²) in [6, 6.07) is 18.0. The van der Waals surface area contributed by atoms with Crippen LogP contribution in [-0.4, -0.2) is 34.7 Å². The average molecular weight is 573 g/mol. The minimum Gasteiger partial charge on any atom is -0.292 e. The number of aryl methyl sites for hydroxylation is 1. The summed E-state index contributed by atoms with van der Waals surface area (Å²) in [6.45, 7) is 6.91. The summed E-state index contributed by atoms with van der Waals surface area (Å²) in [5, 5.41) is 14.3. The van der Waals surface area contributed by atoms with Crippen molar-refractivity contribution in [1.82, 2.24) is 34.7 Å². The van der Waals surface area contributed by atoms with E-state index in [0.717, 1.165) is 63.1 Å². The standard InChI is InChI=1S/C29H30BrN7O/c1-4-5-9-21-18-37(27-22(19(2)3)12-8-13-25(27)30)29(38)36(21)17-20-14-15-26(31-16-20)23-10-6-7-11-24(23)28-32-34-35-33-28/h6-8,10-16,18-19H,4-5,9,17H2,1-3H3,(H,32,33,34,35). The Morgan fingerprint density at radius 2 is 1.84 bits per heavy atom. The number of tetrazole rings is 1. The van der Waals surface area contributed by atoms with E-state index in [-0.39, 0.29) is 11.6 Å². The molecule has 3 aromatic heterocycles. The van der Waals surface area contributed by atoms with Gasteiger partial charge in [0.2, 0.25) is 0 Å². The van der Waals surface area contributed by atoms with Crippen LogP contribution in [0.2, 0.25) is 0 Å². The Hall–Kier alpha value is -3.85. The fourth-order valence-electron chi connectivity index (χ4n) is 4.71. The normalized spacial score (nSPS) is 11.4. The lowest BCUT2D eigenvalue weighted by atomic mass is 10.0. The van der Waals surface area contributed by atoms with E-state index in [1.165, 1.54) is 0 Å². The van der Waals surface area contributed by atoms with Crippen LogP contribution in [0.5, 0.6) is 0 Å². The lowest BCUT2D eigenvalue weighted by Crippen LogP contribution is -2.25. The summed E-state index contributed by atoms with van der Waals surface area (Å²) < 4.78 is 4.59. The van der Waals surface area contributed by atoms with Crippen molar-refractivity contribution < 1.29 is 0 Å². The molecule has 5 aromatic rings. The fraction of sp³-hybridized carbons (Fsp3) is 0.276. The first kappa shape index (κ1) is 25.8. The number of halogens is 1. The molecule has 38 heavy (non-hydrogen) atoms. The quantitative estimate of drug-likeness (QED) is 0.228. The Kier molecular flexibility index (Phi) is 7.64. The first-order valence-corrected chi connectivity index (χ1v) is 13.7. The molecule has 0 saturated heterocycles. The molecule has 0 aliphatic carbocycles. The highest BCUT2D eigenvalue weighted by Crippen LogP contribution is 2.30. The Labute approximate surface area is 229 Å². The van der Waals surface area contributed by atoms with Crippen LogP contribution in [0.3, 0.4) is 0 Å². The number of aromatic amines is 1. The fourth-order valence-corrected chi connectivity index (χ4v) is 5.28. The van der Waals surface area contributed by atoms with Crippen molar-refractivity contribution in [1.29, 1.82) is 0 Å². The van der Waals surface area contributed by atoms with Gasteiger partial charge in [0.05, 0.1) is 17.9 Å². The number of aromatic nitrogens is 7. The number of hydrogen-bond donors (Lipinski definition) is 1. The second-order valence-electron chi connectivity index (χ2n) is 9.64. The molecular formula is C29H30BrN7O. The summed E-state index contributed by atoms with van der Waals surface area (Å²) in [6.07, 6.45) is 6.76. The van der Waals surface area contributed by atoms with Crippen LogP contribution in [-0.2, 0) is 13.0 Å². The number of hydrogen-bond acceptors (Lipinski definition) is 5. The van der Waals surface area contributed by atoms with Crippen molar-refractivity contribution in [3.05, 3.63) is 98.8 Å². The third-order valence-corrected chi connectivity index (χ3v) is 7.34. The van der Waals surface area contributed by atoms with E-state index < -0.39 is 0 Å². The second kappa shape index (κ2) is 11.3. The largest absolute Gasteiger partial charge is 0.333 e. The van der Waals surface area contributed by atoms with Gasteiger partial charge in [0.15, 0.2) is 5.82 Å². The molecule has 0 spiro atoms. The topological polar surface area (TPSA) is 94.3 Å². The van der Waals surface area contributed by atoms with Gasteiger partial charge in [0.1, 0.15) is 0 Å². The summed E-state index contributed by atoms with van der Waals surface area (Å²) in [5.41, 5.74) is 6.60. The maximum Gasteiger partial charge on any atom is 0.333 e. The van der Waals surface area contributed by atoms with Gasteiger partial charge in [-0.2, -0.15) is 0 Å². The number of rotatable bonds is 9. The van der Waals surface area contributed by atoms with E-state index in [9.17, 15) is 4.79 Å². The van der Waals surface area contributed by atoms with Crippen molar-refractivity contribution in [2.45, 2.75) is 52.5 Å². The molecule has 3 heterocycles. The lowest BCUT2D eigenvalue weighted by molar-refractivity contribution is 0.671. The van der Waals surface area contributed by atoms with Crippen LogP contribution in [0.15, 0.2) is 76.3 Å². The number of H-pyrrole nitrogens is 1. The van der Waals surface area contributed by atoms with Crippen LogP contribution < -0.4 is 5.69 Å². The molecule has 0 atom stereocenters. The minimum atomic E-state index is -0.0443. The van der Waals surface area contributed by atoms with Crippen molar-refractivity contribution in [3.63, 3.8) is 0 Å². The number of nitrogens with zero attached hydrogens (tertiary/aromatic N) is 6. The predicted octanol–water partition coefficient (Wildman–Crippen LogP) is 6.16. The lowest BCUT2D eigenvalue weighted by Gasteiger charge is -2.14. The minimum absolute atomic E-state index is 0.0443. The molecule has 0 saturated carbocycles. The van der Waals surface area contributed by atoms with Crippen molar-refractivity contribution >= 4 is 15.9 Å². The van der Waals surface area contributed by atoms with Gasteiger partial charge in [-0.1, -0.05) is 69.7 Å². The van der Waals surface area contributed by atoms with Crippen LogP contribution in [0.1, 0.15) is 56.4 Å². The summed E-state index contributed by atoms with van der Waals surface area (Å²) >= 11 is 3.70. The molecule has 0 fully saturated rings. The van der Waals surface area contributed by atoms with Gasteiger partial charge in [-0.25, -0.2) is 9.89 Å². The molecule has 0 amide bonds. The van der Waals surface area contributed by atoms with E-state index >= 15 is 0 Å². The number of nitrogens with one attached hydrogen (secondary N) is 1. The number of imidazole rings is 1. The molecular weight excluding hydrogens is 542 g/mol. The van der Waals surface area contributed by atoms with Gasteiger partial charge in [-0.15, -0.1) is 5.10 Å². The molecule has 0 aliphatic rings. The third-order valence-electron chi connectivity index (χ3n) is 6.70. The first-order valence-electron chi connectivity index (χ1n) is 12.9. The Bertz CT molecular complexity index is 1580. The summed E-state index contributed by atoms with van der Waals surface area (Å²) in [7, 11) is 0. The van der Waals surface area contributed by atoms with Gasteiger partial charge < -0.3 is 0 Å². The van der Waals surface area contributed by atoms with Gasteiger partial charge in [-0.3, -0.25) is 14.1 Å². The molecule has 194 valence electrons. The van der Waals surface area contributed by atoms with E-state index in [4.69, 9.17) is 4.98 Å². The zero-order valence-corrected chi connectivity index (χ0v) is 23.3. The number of para-hydroxylation sites is 1. The van der Waals surface area contributed by atoms with Crippen LogP contribution >= 0.6 is 15.9 Å². The third kappa shape index (κ3) is 5.11. The molecule has 9 heteroatoms. The maximum absolute atomic E-state index is 13.8. The summed E-state index contributed by atoms with van der Waals surface area (Å²) in [4.78, 5) is 18.6.